The van der Waals surface area contributed by atoms with Crippen molar-refractivity contribution >= 4 is 33.2 Å². The van der Waals surface area contributed by atoms with Crippen LogP contribution in [0.2, 0.25) is 0 Å². The number of nitrogens with zero attached hydrogens (tertiary/aromatic N) is 1. The molecule has 0 bridgehead atoms. The standard InChI is InChI=1S/C16H10BrNO2S/c17-13-7-2-1-6-12(13)14-9-21-15(18-14)10-4-3-5-11(8-10)16(19)20/h1-9H,(H,19,20). The van der Waals surface area contributed by atoms with Gasteiger partial charge in [0.15, 0.2) is 0 Å². The van der Waals surface area contributed by atoms with Gasteiger partial charge in [0.2, 0.25) is 0 Å². The van der Waals surface area contributed by atoms with Crippen LogP contribution in [-0.2, 0) is 0 Å². The highest BCUT2D eigenvalue weighted by Crippen LogP contribution is 2.32. The summed E-state index contributed by atoms with van der Waals surface area (Å²) in [5, 5.41) is 11.8. The maximum absolute atomic E-state index is 11.0. The SMILES string of the molecule is O=C(O)c1cccc(-c2nc(-c3ccccc3Br)cs2)c1. The van der Waals surface area contributed by atoms with Gasteiger partial charge < -0.3 is 5.11 Å². The van der Waals surface area contributed by atoms with E-state index in [2.05, 4.69) is 20.9 Å². The molecule has 0 aliphatic carbocycles. The molecule has 0 aliphatic rings. The molecule has 21 heavy (non-hydrogen) atoms. The number of aromatic carboxylic acids is 1. The lowest BCUT2D eigenvalue weighted by Gasteiger charge is -2.00. The van der Waals surface area contributed by atoms with Crippen molar-refractivity contribution in [1.82, 2.24) is 4.98 Å². The van der Waals surface area contributed by atoms with Gasteiger partial charge in [-0.15, -0.1) is 11.3 Å². The molecule has 1 heterocycles. The van der Waals surface area contributed by atoms with Crippen LogP contribution >= 0.6 is 27.3 Å². The van der Waals surface area contributed by atoms with E-state index >= 15 is 0 Å². The van der Waals surface area contributed by atoms with Crippen LogP contribution in [0.3, 0.4) is 0 Å². The quantitative estimate of drug-likeness (QED) is 0.720. The van der Waals surface area contributed by atoms with Gasteiger partial charge in [0, 0.05) is 21.0 Å². The molecule has 104 valence electrons. The molecule has 0 aliphatic heterocycles. The zero-order valence-electron chi connectivity index (χ0n) is 10.8. The van der Waals surface area contributed by atoms with Crippen LogP contribution < -0.4 is 0 Å². The summed E-state index contributed by atoms with van der Waals surface area (Å²) < 4.78 is 0.987. The number of hydrogen-bond donors (Lipinski definition) is 1. The average Bonchev–Trinajstić information content (AvgIpc) is 2.97. The molecule has 0 saturated carbocycles. The van der Waals surface area contributed by atoms with E-state index in [9.17, 15) is 4.79 Å². The van der Waals surface area contributed by atoms with E-state index in [4.69, 9.17) is 5.11 Å². The monoisotopic (exact) mass is 359 g/mol. The van der Waals surface area contributed by atoms with E-state index in [0.29, 0.717) is 0 Å². The Balaban J connectivity index is 2.01. The van der Waals surface area contributed by atoms with Gasteiger partial charge in [-0.05, 0) is 18.2 Å². The maximum Gasteiger partial charge on any atom is 0.335 e. The fourth-order valence-electron chi connectivity index (χ4n) is 1.98. The third kappa shape index (κ3) is 2.89. The van der Waals surface area contributed by atoms with E-state index < -0.39 is 5.97 Å². The highest BCUT2D eigenvalue weighted by atomic mass is 79.9. The average molecular weight is 360 g/mol. The number of benzene rings is 2. The highest BCUT2D eigenvalue weighted by Gasteiger charge is 2.10. The molecular weight excluding hydrogens is 350 g/mol. The molecule has 3 aromatic rings. The Morgan fingerprint density at radius 3 is 2.71 bits per heavy atom. The first kappa shape index (κ1) is 14.0. The number of aromatic nitrogens is 1. The van der Waals surface area contributed by atoms with E-state index in [1.165, 1.54) is 11.3 Å². The summed E-state index contributed by atoms with van der Waals surface area (Å²) in [6, 6.07) is 14.7. The van der Waals surface area contributed by atoms with Crippen molar-refractivity contribution in [3.8, 4) is 21.8 Å². The first-order valence-electron chi connectivity index (χ1n) is 6.19. The third-order valence-electron chi connectivity index (χ3n) is 3.01. The molecular formula is C16H10BrNO2S. The molecule has 0 radical (unpaired) electrons. The van der Waals surface area contributed by atoms with Crippen LogP contribution in [0, 0.1) is 0 Å². The minimum atomic E-state index is -0.931. The van der Waals surface area contributed by atoms with E-state index in [0.717, 1.165) is 26.3 Å². The van der Waals surface area contributed by atoms with Crippen LogP contribution in [0.4, 0.5) is 0 Å². The van der Waals surface area contributed by atoms with Crippen molar-refractivity contribution in [3.05, 3.63) is 63.9 Å². The Bertz CT molecular complexity index is 813. The van der Waals surface area contributed by atoms with Gasteiger partial charge in [0.1, 0.15) is 5.01 Å². The lowest BCUT2D eigenvalue weighted by Crippen LogP contribution is -1.95. The molecule has 5 heteroatoms. The molecule has 0 fully saturated rings. The minimum absolute atomic E-state index is 0.269. The molecule has 3 nitrogen and oxygen atoms in total. The van der Waals surface area contributed by atoms with E-state index in [1.54, 1.807) is 18.2 Å². The summed E-state index contributed by atoms with van der Waals surface area (Å²) in [6.07, 6.45) is 0. The highest BCUT2D eigenvalue weighted by molar-refractivity contribution is 9.10. The molecule has 0 atom stereocenters. The molecule has 0 saturated heterocycles. The third-order valence-corrected chi connectivity index (χ3v) is 4.59. The first-order valence-corrected chi connectivity index (χ1v) is 7.86. The van der Waals surface area contributed by atoms with Gasteiger partial charge in [-0.2, -0.15) is 0 Å². The van der Waals surface area contributed by atoms with Crippen LogP contribution in [0.15, 0.2) is 58.4 Å². The second-order valence-corrected chi connectivity index (χ2v) is 6.12. The summed E-state index contributed by atoms with van der Waals surface area (Å²) in [6.45, 7) is 0. The van der Waals surface area contributed by atoms with Crippen LogP contribution in [0.25, 0.3) is 21.8 Å². The number of thiazole rings is 1. The number of carboxylic acids is 1. The predicted molar refractivity (Wildman–Crippen MR) is 87.6 cm³/mol. The number of halogens is 1. The molecule has 2 aromatic carbocycles. The van der Waals surface area contributed by atoms with Gasteiger partial charge in [-0.1, -0.05) is 46.3 Å². The second kappa shape index (κ2) is 5.79. The van der Waals surface area contributed by atoms with E-state index in [-0.39, 0.29) is 5.56 Å². The fourth-order valence-corrected chi connectivity index (χ4v) is 3.29. The number of carbonyl (C=O) groups is 1. The van der Waals surface area contributed by atoms with Gasteiger partial charge in [0.25, 0.3) is 0 Å². The van der Waals surface area contributed by atoms with Gasteiger partial charge in [0.05, 0.1) is 11.3 Å². The summed E-state index contributed by atoms with van der Waals surface area (Å²) in [5.74, 6) is -0.931. The van der Waals surface area contributed by atoms with Crippen molar-refractivity contribution < 1.29 is 9.90 Å². The number of rotatable bonds is 3. The van der Waals surface area contributed by atoms with Crippen LogP contribution in [0.1, 0.15) is 10.4 Å². The van der Waals surface area contributed by atoms with E-state index in [1.807, 2.05) is 35.7 Å². The Kier molecular flexibility index (Phi) is 3.86. The Morgan fingerprint density at radius 2 is 1.95 bits per heavy atom. The molecule has 0 amide bonds. The lowest BCUT2D eigenvalue weighted by molar-refractivity contribution is 0.0697. The van der Waals surface area contributed by atoms with Gasteiger partial charge in [-0.25, -0.2) is 9.78 Å². The summed E-state index contributed by atoms with van der Waals surface area (Å²) >= 11 is 5.02. The smallest absolute Gasteiger partial charge is 0.335 e. The van der Waals surface area contributed by atoms with Crippen molar-refractivity contribution in [2.45, 2.75) is 0 Å². The Morgan fingerprint density at radius 1 is 1.14 bits per heavy atom. The van der Waals surface area contributed by atoms with Crippen LogP contribution in [-0.4, -0.2) is 16.1 Å². The largest absolute Gasteiger partial charge is 0.478 e. The Hall–Kier alpha value is -1.98. The Labute approximate surface area is 134 Å². The molecule has 0 unspecified atom stereocenters. The van der Waals surface area contributed by atoms with Crippen LogP contribution in [0.5, 0.6) is 0 Å². The first-order chi connectivity index (χ1) is 10.1. The zero-order valence-corrected chi connectivity index (χ0v) is 13.2. The topological polar surface area (TPSA) is 50.2 Å². The number of hydrogen-bond acceptors (Lipinski definition) is 3. The minimum Gasteiger partial charge on any atom is -0.478 e. The predicted octanol–water partition coefficient (Wildman–Crippen LogP) is 4.94. The normalized spacial score (nSPS) is 10.5. The van der Waals surface area contributed by atoms with Crippen molar-refractivity contribution in [1.29, 1.82) is 0 Å². The molecule has 1 N–H and O–H groups in total. The molecule has 1 aromatic heterocycles. The summed E-state index contributed by atoms with van der Waals surface area (Å²) in [7, 11) is 0. The van der Waals surface area contributed by atoms with Crippen molar-refractivity contribution in [3.63, 3.8) is 0 Å². The fraction of sp³-hybridized carbons (Fsp3) is 0. The molecule has 3 rings (SSSR count). The lowest BCUT2D eigenvalue weighted by atomic mass is 10.1. The van der Waals surface area contributed by atoms with Gasteiger partial charge in [-0.3, -0.25) is 0 Å². The maximum atomic E-state index is 11.0. The molecule has 0 spiro atoms. The van der Waals surface area contributed by atoms with Crippen molar-refractivity contribution in [2.75, 3.05) is 0 Å². The van der Waals surface area contributed by atoms with Crippen molar-refractivity contribution in [2.24, 2.45) is 0 Å². The zero-order chi connectivity index (χ0) is 14.8. The summed E-state index contributed by atoms with van der Waals surface area (Å²) in [4.78, 5) is 15.6. The second-order valence-electron chi connectivity index (χ2n) is 4.40. The summed E-state index contributed by atoms with van der Waals surface area (Å²) in [5.41, 5.74) is 2.99. The number of carboxylic acid groups (broad SMARTS) is 1. The van der Waals surface area contributed by atoms with Gasteiger partial charge >= 0.3 is 5.97 Å².